The minimum Gasteiger partial charge on any atom is -0.376 e. The van der Waals surface area contributed by atoms with Crippen LogP contribution >= 0.6 is 0 Å². The number of aryl methyl sites for hydroxylation is 2. The van der Waals surface area contributed by atoms with Gasteiger partial charge in [-0.05, 0) is 59.7 Å². The number of tetrazole rings is 1. The Morgan fingerprint density at radius 3 is 2.87 bits per heavy atom. The van der Waals surface area contributed by atoms with Crippen molar-refractivity contribution in [3.8, 4) is 0 Å². The molecular formula is C22H29N6O2+. The lowest BCUT2D eigenvalue weighted by Gasteiger charge is -2.24. The number of pyridine rings is 1. The van der Waals surface area contributed by atoms with Crippen LogP contribution in [0.2, 0.25) is 0 Å². The molecule has 2 aliphatic rings. The maximum absolute atomic E-state index is 13.3. The fourth-order valence-corrected chi connectivity index (χ4v) is 4.95. The van der Waals surface area contributed by atoms with Crippen LogP contribution in [0, 0.1) is 13.8 Å². The number of H-pyrrole nitrogens is 1. The lowest BCUT2D eigenvalue weighted by atomic mass is 10.0. The zero-order valence-corrected chi connectivity index (χ0v) is 17.6. The molecule has 30 heavy (non-hydrogen) atoms. The first kappa shape index (κ1) is 19.4. The summed E-state index contributed by atoms with van der Waals surface area (Å²) in [7, 11) is 0. The van der Waals surface area contributed by atoms with Crippen molar-refractivity contribution in [1.29, 1.82) is 0 Å². The first-order valence-corrected chi connectivity index (χ1v) is 11.0. The van der Waals surface area contributed by atoms with Crippen molar-refractivity contribution in [1.82, 2.24) is 25.2 Å². The van der Waals surface area contributed by atoms with E-state index in [1.807, 2.05) is 10.7 Å². The van der Waals surface area contributed by atoms with Crippen LogP contribution < -0.4 is 10.5 Å². The number of hydrogen-bond donors (Lipinski definition) is 2. The Labute approximate surface area is 175 Å². The highest BCUT2D eigenvalue weighted by Crippen LogP contribution is 2.23. The summed E-state index contributed by atoms with van der Waals surface area (Å²) in [4.78, 5) is 17.8. The largest absolute Gasteiger partial charge is 0.376 e. The molecule has 1 aromatic carbocycles. The van der Waals surface area contributed by atoms with Crippen LogP contribution in [0.25, 0.3) is 10.9 Å². The molecule has 2 aliphatic heterocycles. The average molecular weight is 410 g/mol. The van der Waals surface area contributed by atoms with Crippen LogP contribution in [0.5, 0.6) is 0 Å². The van der Waals surface area contributed by atoms with Gasteiger partial charge in [0.05, 0.1) is 36.8 Å². The number of nitrogens with zero attached hydrogens (tertiary/aromatic N) is 4. The highest BCUT2D eigenvalue weighted by molar-refractivity contribution is 5.83. The van der Waals surface area contributed by atoms with Crippen LogP contribution in [0.15, 0.2) is 23.0 Å². The van der Waals surface area contributed by atoms with Crippen LogP contribution in [0.1, 0.15) is 54.2 Å². The quantitative estimate of drug-likeness (QED) is 0.658. The monoisotopic (exact) mass is 409 g/mol. The summed E-state index contributed by atoms with van der Waals surface area (Å²) < 4.78 is 7.66. The second-order valence-corrected chi connectivity index (χ2v) is 8.68. The third kappa shape index (κ3) is 3.44. The third-order valence-corrected chi connectivity index (χ3v) is 6.76. The van der Waals surface area contributed by atoms with Gasteiger partial charge < -0.3 is 14.6 Å². The Balaban J connectivity index is 1.61. The number of benzene rings is 1. The summed E-state index contributed by atoms with van der Waals surface area (Å²) in [6, 6.07) is 6.06. The fraction of sp³-hybridized carbons (Fsp3) is 0.545. The minimum atomic E-state index is -0.182. The number of nitrogens with one attached hydrogen (secondary N) is 2. The van der Waals surface area contributed by atoms with Gasteiger partial charge in [0.15, 0.2) is 6.04 Å². The van der Waals surface area contributed by atoms with Gasteiger partial charge in [-0.3, -0.25) is 4.79 Å². The minimum absolute atomic E-state index is 0.0488. The second-order valence-electron chi connectivity index (χ2n) is 8.68. The SMILES string of the molecule is Cc1ccc2cc([C@@H](c3nnnn3C[C@H]3CCCO3)[NH+]3CCCC3)c(=O)[nH]c2c1C. The van der Waals surface area contributed by atoms with E-state index in [0.29, 0.717) is 6.54 Å². The summed E-state index contributed by atoms with van der Waals surface area (Å²) in [6.07, 6.45) is 4.55. The maximum atomic E-state index is 13.3. The van der Waals surface area contributed by atoms with E-state index in [4.69, 9.17) is 4.74 Å². The molecule has 8 heteroatoms. The molecule has 0 radical (unpaired) electrons. The molecule has 0 spiro atoms. The van der Waals surface area contributed by atoms with Gasteiger partial charge in [-0.25, -0.2) is 4.68 Å². The number of fused-ring (bicyclic) bond motifs is 1. The standard InChI is InChI=1S/C22H28N6O2/c1-14-7-8-16-12-18(22(29)23-19(16)15(14)2)20(27-9-3-4-10-27)21-24-25-26-28(21)13-17-6-5-11-30-17/h7-8,12,17,20H,3-6,9-11,13H2,1-2H3,(H,23,29)/p+1/t17-,20+/m1/s1. The summed E-state index contributed by atoms with van der Waals surface area (Å²) in [5, 5.41) is 13.7. The number of hydrogen-bond acceptors (Lipinski definition) is 5. The molecule has 0 bridgehead atoms. The zero-order valence-electron chi connectivity index (χ0n) is 17.6. The van der Waals surface area contributed by atoms with Crippen molar-refractivity contribution in [2.24, 2.45) is 0 Å². The van der Waals surface area contributed by atoms with E-state index in [1.165, 1.54) is 10.5 Å². The van der Waals surface area contributed by atoms with Gasteiger partial charge >= 0.3 is 0 Å². The molecule has 3 aromatic rings. The zero-order chi connectivity index (χ0) is 20.7. The van der Waals surface area contributed by atoms with E-state index in [9.17, 15) is 4.79 Å². The highest BCUT2D eigenvalue weighted by atomic mass is 16.5. The van der Waals surface area contributed by atoms with Crippen LogP contribution in [-0.2, 0) is 11.3 Å². The number of ether oxygens (including phenoxy) is 1. The van der Waals surface area contributed by atoms with Crippen molar-refractivity contribution >= 4 is 10.9 Å². The van der Waals surface area contributed by atoms with E-state index in [2.05, 4.69) is 46.5 Å². The van der Waals surface area contributed by atoms with Gasteiger partial charge in [0.25, 0.3) is 5.56 Å². The van der Waals surface area contributed by atoms with Crippen molar-refractivity contribution in [3.05, 3.63) is 51.1 Å². The fourth-order valence-electron chi connectivity index (χ4n) is 4.95. The summed E-state index contributed by atoms with van der Waals surface area (Å²) in [6.45, 7) is 7.59. The van der Waals surface area contributed by atoms with Gasteiger partial charge in [0.1, 0.15) is 0 Å². The van der Waals surface area contributed by atoms with Crippen molar-refractivity contribution < 1.29 is 9.64 Å². The Morgan fingerprint density at radius 1 is 1.27 bits per heavy atom. The molecule has 8 nitrogen and oxygen atoms in total. The lowest BCUT2D eigenvalue weighted by molar-refractivity contribution is -0.914. The van der Waals surface area contributed by atoms with Gasteiger partial charge in [-0.1, -0.05) is 12.1 Å². The highest BCUT2D eigenvalue weighted by Gasteiger charge is 2.36. The number of aromatic nitrogens is 5. The summed E-state index contributed by atoms with van der Waals surface area (Å²) >= 11 is 0. The second kappa shape index (κ2) is 7.92. The van der Waals surface area contributed by atoms with Gasteiger partial charge in [0.2, 0.25) is 5.82 Å². The third-order valence-electron chi connectivity index (χ3n) is 6.76. The van der Waals surface area contributed by atoms with E-state index in [0.717, 1.165) is 73.2 Å². The molecule has 0 amide bonds. The van der Waals surface area contributed by atoms with E-state index in [1.54, 1.807) is 0 Å². The van der Waals surface area contributed by atoms with Gasteiger partial charge in [0, 0.05) is 19.4 Å². The summed E-state index contributed by atoms with van der Waals surface area (Å²) in [5.41, 5.74) is 3.90. The molecule has 2 saturated heterocycles. The number of rotatable bonds is 5. The molecule has 158 valence electrons. The average Bonchev–Trinajstić information content (AvgIpc) is 3.51. The van der Waals surface area contributed by atoms with E-state index < -0.39 is 0 Å². The first-order chi connectivity index (χ1) is 14.6. The Bertz CT molecular complexity index is 1110. The number of aromatic amines is 1. The topological polar surface area (TPSA) is 90.1 Å². The molecule has 2 N–H and O–H groups in total. The van der Waals surface area contributed by atoms with E-state index >= 15 is 0 Å². The molecule has 0 unspecified atom stereocenters. The van der Waals surface area contributed by atoms with Crippen molar-refractivity contribution in [2.45, 2.75) is 58.2 Å². The smallest absolute Gasteiger partial charge is 0.258 e. The molecule has 0 aliphatic carbocycles. The van der Waals surface area contributed by atoms with Crippen molar-refractivity contribution in [3.63, 3.8) is 0 Å². The maximum Gasteiger partial charge on any atom is 0.258 e. The van der Waals surface area contributed by atoms with Crippen molar-refractivity contribution in [2.75, 3.05) is 19.7 Å². The predicted molar refractivity (Wildman–Crippen MR) is 113 cm³/mol. The Morgan fingerprint density at radius 2 is 2.10 bits per heavy atom. The van der Waals surface area contributed by atoms with Crippen LogP contribution in [0.4, 0.5) is 0 Å². The molecule has 2 aromatic heterocycles. The summed E-state index contributed by atoms with van der Waals surface area (Å²) in [5.74, 6) is 0.760. The first-order valence-electron chi connectivity index (χ1n) is 11.0. The Kier molecular flexibility index (Phi) is 5.12. The molecule has 0 saturated carbocycles. The van der Waals surface area contributed by atoms with Gasteiger partial charge in [-0.2, -0.15) is 0 Å². The normalized spacial score (nSPS) is 20.9. The number of quaternary nitrogens is 1. The van der Waals surface area contributed by atoms with Crippen LogP contribution in [0.3, 0.4) is 0 Å². The van der Waals surface area contributed by atoms with Crippen LogP contribution in [-0.4, -0.2) is 51.0 Å². The molecular weight excluding hydrogens is 380 g/mol. The molecule has 2 fully saturated rings. The number of likely N-dealkylation sites (tertiary alicyclic amines) is 1. The van der Waals surface area contributed by atoms with E-state index in [-0.39, 0.29) is 17.7 Å². The predicted octanol–water partition coefficient (Wildman–Crippen LogP) is 1.08. The Hall–Kier alpha value is -2.58. The van der Waals surface area contributed by atoms with Gasteiger partial charge in [-0.15, -0.1) is 5.10 Å². The lowest BCUT2D eigenvalue weighted by Crippen LogP contribution is -3.10. The molecule has 2 atom stereocenters. The molecule has 5 rings (SSSR count). The molecule has 4 heterocycles.